The molecule has 0 bridgehead atoms. The summed E-state index contributed by atoms with van der Waals surface area (Å²) in [5.74, 6) is -3.39. The summed E-state index contributed by atoms with van der Waals surface area (Å²) in [6, 6.07) is 1.13. The standard InChI is InChI=1S/C19H28N2O7/c1-17(2,3)27-14(23)13(21-10-8-9-12(21)11-22)19(20,15(24)26-7)16(25)28-18(4,5)6/h8-11,13H,20H2,1-7H3. The van der Waals surface area contributed by atoms with Gasteiger partial charge in [0.1, 0.15) is 11.2 Å². The van der Waals surface area contributed by atoms with E-state index >= 15 is 0 Å². The van der Waals surface area contributed by atoms with E-state index in [0.717, 1.165) is 11.7 Å². The van der Waals surface area contributed by atoms with Crippen molar-refractivity contribution in [1.29, 1.82) is 0 Å². The summed E-state index contributed by atoms with van der Waals surface area (Å²) in [5, 5.41) is 0. The van der Waals surface area contributed by atoms with Crippen LogP contribution >= 0.6 is 0 Å². The number of methoxy groups -OCH3 is 1. The topological polar surface area (TPSA) is 127 Å². The quantitative estimate of drug-likeness (QED) is 0.331. The Labute approximate surface area is 164 Å². The van der Waals surface area contributed by atoms with E-state index < -0.39 is 40.7 Å². The fraction of sp³-hybridized carbons (Fsp3) is 0.579. The van der Waals surface area contributed by atoms with Crippen molar-refractivity contribution in [2.75, 3.05) is 7.11 Å². The van der Waals surface area contributed by atoms with Crippen LogP contribution in [0, 0.1) is 0 Å². The van der Waals surface area contributed by atoms with Crippen LogP contribution in [-0.4, -0.2) is 52.6 Å². The molecule has 1 aromatic heterocycles. The van der Waals surface area contributed by atoms with Crippen LogP contribution in [0.4, 0.5) is 0 Å². The number of aromatic nitrogens is 1. The Hall–Kier alpha value is -2.68. The average Bonchev–Trinajstić information content (AvgIpc) is 2.98. The Kier molecular flexibility index (Phi) is 6.79. The van der Waals surface area contributed by atoms with E-state index in [-0.39, 0.29) is 5.69 Å². The Morgan fingerprint density at radius 1 is 1.04 bits per heavy atom. The lowest BCUT2D eigenvalue weighted by atomic mass is 9.89. The van der Waals surface area contributed by atoms with Gasteiger partial charge in [-0.3, -0.25) is 4.79 Å². The molecule has 1 rings (SSSR count). The van der Waals surface area contributed by atoms with E-state index in [1.54, 1.807) is 41.5 Å². The van der Waals surface area contributed by atoms with Crippen LogP contribution in [0.3, 0.4) is 0 Å². The maximum Gasteiger partial charge on any atom is 0.341 e. The Balaban J connectivity index is 3.68. The Morgan fingerprint density at radius 2 is 1.57 bits per heavy atom. The third kappa shape index (κ3) is 5.19. The molecule has 0 aliphatic rings. The predicted octanol–water partition coefficient (Wildman–Crippen LogP) is 1.40. The van der Waals surface area contributed by atoms with Gasteiger partial charge in [0.15, 0.2) is 12.3 Å². The molecule has 0 spiro atoms. The van der Waals surface area contributed by atoms with Gasteiger partial charge in [-0.05, 0) is 53.7 Å². The minimum atomic E-state index is -2.60. The number of carbonyl (C=O) groups excluding carboxylic acids is 4. The van der Waals surface area contributed by atoms with Crippen molar-refractivity contribution in [2.45, 2.75) is 64.3 Å². The number of hydrogen-bond donors (Lipinski definition) is 1. The van der Waals surface area contributed by atoms with Gasteiger partial charge in [-0.2, -0.15) is 0 Å². The SMILES string of the molecule is COC(=O)C(N)(C(=O)OC(C)(C)C)C(C(=O)OC(C)(C)C)n1cccc1C=O. The summed E-state index contributed by atoms with van der Waals surface area (Å²) in [6.07, 6.45) is 1.80. The molecule has 0 saturated carbocycles. The highest BCUT2D eigenvalue weighted by Gasteiger charge is 2.58. The van der Waals surface area contributed by atoms with Crippen molar-refractivity contribution in [2.24, 2.45) is 5.73 Å². The highest BCUT2D eigenvalue weighted by atomic mass is 16.6. The van der Waals surface area contributed by atoms with Crippen molar-refractivity contribution >= 4 is 24.2 Å². The number of nitrogens with two attached hydrogens (primary N) is 1. The van der Waals surface area contributed by atoms with Gasteiger partial charge in [0.2, 0.25) is 5.54 Å². The molecule has 2 atom stereocenters. The van der Waals surface area contributed by atoms with Gasteiger partial charge < -0.3 is 24.5 Å². The molecule has 0 fully saturated rings. The van der Waals surface area contributed by atoms with E-state index in [4.69, 9.17) is 19.9 Å². The number of ether oxygens (including phenoxy) is 3. The molecule has 156 valence electrons. The molecule has 0 amide bonds. The molecule has 1 heterocycles. The lowest BCUT2D eigenvalue weighted by Gasteiger charge is -2.36. The Bertz CT molecular complexity index is 755. The minimum absolute atomic E-state index is 0.0122. The van der Waals surface area contributed by atoms with Gasteiger partial charge in [0.25, 0.3) is 0 Å². The van der Waals surface area contributed by atoms with E-state index in [9.17, 15) is 19.2 Å². The number of rotatable bonds is 6. The number of hydrogen-bond acceptors (Lipinski definition) is 8. The predicted molar refractivity (Wildman–Crippen MR) is 99.5 cm³/mol. The van der Waals surface area contributed by atoms with Crippen molar-refractivity contribution < 1.29 is 33.4 Å². The molecule has 9 heteroatoms. The van der Waals surface area contributed by atoms with Crippen LogP contribution in [-0.2, 0) is 28.6 Å². The van der Waals surface area contributed by atoms with E-state index in [0.29, 0.717) is 6.29 Å². The summed E-state index contributed by atoms with van der Waals surface area (Å²) in [4.78, 5) is 50.0. The monoisotopic (exact) mass is 396 g/mol. The number of aldehydes is 1. The van der Waals surface area contributed by atoms with Crippen LogP contribution in [0.15, 0.2) is 18.3 Å². The molecule has 2 unspecified atom stereocenters. The molecule has 0 saturated heterocycles. The molecule has 0 aliphatic carbocycles. The summed E-state index contributed by atoms with van der Waals surface area (Å²) in [7, 11) is 1.02. The van der Waals surface area contributed by atoms with Crippen molar-refractivity contribution in [3.05, 3.63) is 24.0 Å². The average molecular weight is 396 g/mol. The van der Waals surface area contributed by atoms with Crippen LogP contribution in [0.1, 0.15) is 58.1 Å². The zero-order valence-electron chi connectivity index (χ0n) is 17.3. The summed E-state index contributed by atoms with van der Waals surface area (Å²) >= 11 is 0. The first kappa shape index (κ1) is 23.4. The molecule has 0 aromatic carbocycles. The Morgan fingerprint density at radius 3 is 2.00 bits per heavy atom. The van der Waals surface area contributed by atoms with Gasteiger partial charge in [-0.25, -0.2) is 14.4 Å². The molecular formula is C19H28N2O7. The van der Waals surface area contributed by atoms with Gasteiger partial charge in [-0.15, -0.1) is 0 Å². The summed E-state index contributed by atoms with van der Waals surface area (Å²) < 4.78 is 16.5. The van der Waals surface area contributed by atoms with Gasteiger partial charge in [0, 0.05) is 6.20 Å². The highest BCUT2D eigenvalue weighted by Crippen LogP contribution is 2.30. The fourth-order valence-electron chi connectivity index (χ4n) is 2.46. The van der Waals surface area contributed by atoms with Gasteiger partial charge >= 0.3 is 17.9 Å². The zero-order valence-corrected chi connectivity index (χ0v) is 17.3. The van der Waals surface area contributed by atoms with Crippen molar-refractivity contribution in [3.8, 4) is 0 Å². The first-order chi connectivity index (χ1) is 12.7. The number of esters is 3. The molecule has 9 nitrogen and oxygen atoms in total. The zero-order chi connectivity index (χ0) is 21.9. The lowest BCUT2D eigenvalue weighted by molar-refractivity contribution is -0.181. The molecule has 28 heavy (non-hydrogen) atoms. The van der Waals surface area contributed by atoms with Crippen LogP contribution < -0.4 is 5.73 Å². The summed E-state index contributed by atoms with van der Waals surface area (Å²) in [6.45, 7) is 9.58. The molecule has 1 aromatic rings. The number of carbonyl (C=O) groups is 4. The third-order valence-electron chi connectivity index (χ3n) is 3.53. The summed E-state index contributed by atoms with van der Waals surface area (Å²) in [5.41, 5.74) is 1.66. The normalized spacial score (nSPS) is 15.1. The first-order valence-electron chi connectivity index (χ1n) is 8.63. The largest absolute Gasteiger partial charge is 0.467 e. The minimum Gasteiger partial charge on any atom is -0.467 e. The van der Waals surface area contributed by atoms with E-state index in [2.05, 4.69) is 0 Å². The molecule has 0 radical (unpaired) electrons. The lowest BCUT2D eigenvalue weighted by Crippen LogP contribution is -2.65. The molecule has 0 aliphatic heterocycles. The van der Waals surface area contributed by atoms with Gasteiger partial charge in [0.05, 0.1) is 12.8 Å². The molecular weight excluding hydrogens is 368 g/mol. The second kappa shape index (κ2) is 8.14. The second-order valence-corrected chi connectivity index (χ2v) is 8.26. The van der Waals surface area contributed by atoms with E-state index in [1.807, 2.05) is 0 Å². The van der Waals surface area contributed by atoms with Crippen LogP contribution in [0.2, 0.25) is 0 Å². The fourth-order valence-corrected chi connectivity index (χ4v) is 2.46. The van der Waals surface area contributed by atoms with Crippen LogP contribution in [0.25, 0.3) is 0 Å². The maximum absolute atomic E-state index is 13.0. The molecule has 2 N–H and O–H groups in total. The smallest absolute Gasteiger partial charge is 0.341 e. The maximum atomic E-state index is 13.0. The number of nitrogens with zero attached hydrogens (tertiary/aromatic N) is 1. The highest BCUT2D eigenvalue weighted by molar-refractivity contribution is 6.09. The van der Waals surface area contributed by atoms with E-state index in [1.165, 1.54) is 18.3 Å². The first-order valence-corrected chi connectivity index (χ1v) is 8.63. The van der Waals surface area contributed by atoms with Gasteiger partial charge in [-0.1, -0.05) is 0 Å². The van der Waals surface area contributed by atoms with Crippen LogP contribution in [0.5, 0.6) is 0 Å². The third-order valence-corrected chi connectivity index (χ3v) is 3.53. The second-order valence-electron chi connectivity index (χ2n) is 8.26. The van der Waals surface area contributed by atoms with Crippen molar-refractivity contribution in [1.82, 2.24) is 4.57 Å². The van der Waals surface area contributed by atoms with Crippen molar-refractivity contribution in [3.63, 3.8) is 0 Å².